The van der Waals surface area contributed by atoms with Gasteiger partial charge in [-0.05, 0) is 42.8 Å². The molecule has 2 N–H and O–H groups in total. The molecule has 0 bridgehead atoms. The van der Waals surface area contributed by atoms with Crippen molar-refractivity contribution < 1.29 is 9.59 Å². The lowest BCUT2D eigenvalue weighted by atomic mass is 10.1. The summed E-state index contributed by atoms with van der Waals surface area (Å²) in [5, 5.41) is 9.82. The summed E-state index contributed by atoms with van der Waals surface area (Å²) < 4.78 is 1.62. The molecule has 0 saturated carbocycles. The fraction of sp³-hybridized carbons (Fsp3) is 0.0455. The van der Waals surface area contributed by atoms with Crippen LogP contribution in [0, 0.1) is 0 Å². The van der Waals surface area contributed by atoms with E-state index in [0.717, 1.165) is 15.6 Å². The van der Waals surface area contributed by atoms with Gasteiger partial charge in [0.2, 0.25) is 0 Å². The molecule has 0 radical (unpaired) electrons. The summed E-state index contributed by atoms with van der Waals surface area (Å²) in [5.41, 5.74) is 5.26. The van der Waals surface area contributed by atoms with Crippen molar-refractivity contribution in [3.05, 3.63) is 86.4 Å². The zero-order valence-electron chi connectivity index (χ0n) is 15.8. The number of hydrazone groups is 1. The highest BCUT2D eigenvalue weighted by molar-refractivity contribution is 7.18. The summed E-state index contributed by atoms with van der Waals surface area (Å²) in [6, 6.07) is 18.4. The minimum absolute atomic E-state index is 0.226. The molecule has 2 amide bonds. The van der Waals surface area contributed by atoms with Gasteiger partial charge in [-0.3, -0.25) is 9.59 Å². The second-order valence-corrected chi connectivity index (χ2v) is 9.05. The van der Waals surface area contributed by atoms with Crippen LogP contribution in [-0.2, 0) is 0 Å². The quantitative estimate of drug-likeness (QED) is 0.286. The third-order valence-electron chi connectivity index (χ3n) is 4.39. The fourth-order valence-corrected chi connectivity index (χ4v) is 4.74. The van der Waals surface area contributed by atoms with Gasteiger partial charge < -0.3 is 5.32 Å². The van der Waals surface area contributed by atoms with Crippen molar-refractivity contribution in [2.45, 2.75) is 6.92 Å². The Balaban J connectivity index is 1.47. The second-order valence-electron chi connectivity index (χ2n) is 6.42. The Morgan fingerprint density at radius 2 is 1.83 bits per heavy atom. The largest absolute Gasteiger partial charge is 0.321 e. The Kier molecular flexibility index (Phi) is 5.94. The Morgan fingerprint density at radius 1 is 1.00 bits per heavy atom. The first kappa shape index (κ1) is 20.3. The maximum atomic E-state index is 12.5. The van der Waals surface area contributed by atoms with Crippen LogP contribution in [0.1, 0.15) is 32.5 Å². The van der Waals surface area contributed by atoms with Crippen LogP contribution in [0.5, 0.6) is 0 Å². The molecule has 0 saturated heterocycles. The number of hydrogen-bond acceptors (Lipinski definition) is 5. The lowest BCUT2D eigenvalue weighted by Gasteiger charge is -2.07. The molecule has 0 atom stereocenters. The summed E-state index contributed by atoms with van der Waals surface area (Å²) in [5.74, 6) is -0.484. The lowest BCUT2D eigenvalue weighted by molar-refractivity contribution is 0.0956. The van der Waals surface area contributed by atoms with Gasteiger partial charge in [0.1, 0.15) is 0 Å². The fourth-order valence-electron chi connectivity index (χ4n) is 2.86. The summed E-state index contributed by atoms with van der Waals surface area (Å²) in [4.78, 5) is 25.4. The number of rotatable bonds is 5. The molecule has 4 aromatic rings. The highest BCUT2D eigenvalue weighted by atomic mass is 35.5. The average molecular weight is 454 g/mol. The minimum Gasteiger partial charge on any atom is -0.321 e. The molecule has 0 unspecified atom stereocenters. The van der Waals surface area contributed by atoms with Gasteiger partial charge in [-0.1, -0.05) is 41.9 Å². The van der Waals surface area contributed by atoms with Gasteiger partial charge in [0.15, 0.2) is 0 Å². The van der Waals surface area contributed by atoms with E-state index in [1.54, 1.807) is 31.2 Å². The van der Waals surface area contributed by atoms with Crippen LogP contribution in [-0.4, -0.2) is 17.5 Å². The van der Waals surface area contributed by atoms with Gasteiger partial charge in [0.25, 0.3) is 11.8 Å². The number of anilines is 1. The Bertz CT molecular complexity index is 1280. The van der Waals surface area contributed by atoms with Crippen LogP contribution >= 0.6 is 34.3 Å². The van der Waals surface area contributed by atoms with Crippen LogP contribution in [0.3, 0.4) is 0 Å². The molecule has 30 heavy (non-hydrogen) atoms. The molecule has 0 aliphatic heterocycles. The number of carbonyl (C=O) groups excluding carboxylic acids is 2. The van der Waals surface area contributed by atoms with Crippen LogP contribution in [0.4, 0.5) is 5.69 Å². The first-order chi connectivity index (χ1) is 14.5. The summed E-state index contributed by atoms with van der Waals surface area (Å²) in [7, 11) is 0. The van der Waals surface area contributed by atoms with Crippen molar-refractivity contribution in [3.63, 3.8) is 0 Å². The predicted molar refractivity (Wildman–Crippen MR) is 125 cm³/mol. The Morgan fingerprint density at radius 3 is 2.63 bits per heavy atom. The molecular weight excluding hydrogens is 438 g/mol. The zero-order valence-corrected chi connectivity index (χ0v) is 18.2. The van der Waals surface area contributed by atoms with Crippen molar-refractivity contribution in [2.24, 2.45) is 5.10 Å². The van der Waals surface area contributed by atoms with Crippen molar-refractivity contribution in [1.82, 2.24) is 5.43 Å². The number of hydrogen-bond donors (Lipinski definition) is 2. The Labute approximate surface area is 186 Å². The van der Waals surface area contributed by atoms with E-state index in [0.29, 0.717) is 26.2 Å². The van der Waals surface area contributed by atoms with E-state index >= 15 is 0 Å². The molecule has 2 aromatic heterocycles. The first-order valence-corrected chi connectivity index (χ1v) is 11.1. The van der Waals surface area contributed by atoms with Gasteiger partial charge >= 0.3 is 0 Å². The first-order valence-electron chi connectivity index (χ1n) is 8.99. The van der Waals surface area contributed by atoms with Crippen molar-refractivity contribution in [3.8, 4) is 0 Å². The van der Waals surface area contributed by atoms with E-state index in [-0.39, 0.29) is 11.8 Å². The maximum Gasteiger partial charge on any atom is 0.272 e. The molecule has 150 valence electrons. The normalized spacial score (nSPS) is 11.5. The van der Waals surface area contributed by atoms with Crippen LogP contribution in [0.2, 0.25) is 4.34 Å². The molecule has 2 heterocycles. The number of benzene rings is 2. The maximum absolute atomic E-state index is 12.5. The number of thiophene rings is 2. The van der Waals surface area contributed by atoms with Gasteiger partial charge in [-0.2, -0.15) is 5.10 Å². The van der Waals surface area contributed by atoms with Gasteiger partial charge in [0.05, 0.1) is 20.5 Å². The van der Waals surface area contributed by atoms with Gasteiger partial charge in [-0.15, -0.1) is 22.7 Å². The number of fused-ring (bicyclic) bond motifs is 1. The molecule has 0 spiro atoms. The van der Waals surface area contributed by atoms with E-state index in [2.05, 4.69) is 15.8 Å². The lowest BCUT2D eigenvalue weighted by Crippen LogP contribution is -2.19. The van der Waals surface area contributed by atoms with Crippen LogP contribution in [0.25, 0.3) is 10.1 Å². The standard InChI is InChI=1S/C22H16ClN3O2S2/c1-13(25-26-21(27)17-12-29-18-8-3-2-7-16(17)18)14-5-4-6-15(11-14)24-22(28)19-9-10-20(23)30-19/h2-12H,1H3,(H,24,28)(H,26,27)/b25-13+. The molecule has 8 heteroatoms. The van der Waals surface area contributed by atoms with Crippen molar-refractivity contribution in [2.75, 3.05) is 5.32 Å². The minimum atomic E-state index is -0.258. The predicted octanol–water partition coefficient (Wildman–Crippen LogP) is 6.02. The number of carbonyl (C=O) groups is 2. The topological polar surface area (TPSA) is 70.6 Å². The number of nitrogens with one attached hydrogen (secondary N) is 2. The highest BCUT2D eigenvalue weighted by Gasteiger charge is 2.12. The van der Waals surface area contributed by atoms with Gasteiger partial charge in [0, 0.05) is 21.2 Å². The second kappa shape index (κ2) is 8.79. The van der Waals surface area contributed by atoms with Crippen LogP contribution in [0.15, 0.2) is 71.1 Å². The van der Waals surface area contributed by atoms with Crippen molar-refractivity contribution in [1.29, 1.82) is 0 Å². The summed E-state index contributed by atoms with van der Waals surface area (Å²) in [6.07, 6.45) is 0. The van der Waals surface area contributed by atoms with E-state index < -0.39 is 0 Å². The molecular formula is C22H16ClN3O2S2. The van der Waals surface area contributed by atoms with Crippen molar-refractivity contribution >= 4 is 67.6 Å². The average Bonchev–Trinajstić information content (AvgIpc) is 3.38. The molecule has 0 fully saturated rings. The monoisotopic (exact) mass is 453 g/mol. The van der Waals surface area contributed by atoms with E-state index in [4.69, 9.17) is 11.6 Å². The van der Waals surface area contributed by atoms with Crippen LogP contribution < -0.4 is 10.7 Å². The summed E-state index contributed by atoms with van der Waals surface area (Å²) in [6.45, 7) is 1.80. The van der Waals surface area contributed by atoms with E-state index in [1.165, 1.54) is 22.7 Å². The van der Waals surface area contributed by atoms with E-state index in [9.17, 15) is 9.59 Å². The SMILES string of the molecule is C/C(=N\NC(=O)c1csc2ccccc12)c1cccc(NC(=O)c2ccc(Cl)s2)c1. The smallest absolute Gasteiger partial charge is 0.272 e. The molecule has 0 aliphatic rings. The molecule has 0 aliphatic carbocycles. The summed E-state index contributed by atoms with van der Waals surface area (Å²) >= 11 is 8.64. The Hall–Kier alpha value is -3.00. The third-order valence-corrected chi connectivity index (χ3v) is 6.58. The third kappa shape index (κ3) is 4.43. The number of nitrogens with zero attached hydrogens (tertiary/aromatic N) is 1. The van der Waals surface area contributed by atoms with E-state index in [1.807, 2.05) is 41.8 Å². The number of halogens is 1. The number of amides is 2. The molecule has 5 nitrogen and oxygen atoms in total. The molecule has 4 rings (SSSR count). The highest BCUT2D eigenvalue weighted by Crippen LogP contribution is 2.25. The zero-order chi connectivity index (χ0) is 21.1. The molecule has 2 aromatic carbocycles. The van der Waals surface area contributed by atoms with Gasteiger partial charge in [-0.25, -0.2) is 5.43 Å².